The monoisotopic (exact) mass is 408 g/mol. The Labute approximate surface area is 148 Å². The molecule has 15 nitrogen and oxygen atoms in total. The van der Waals surface area contributed by atoms with Crippen LogP contribution < -0.4 is 15.3 Å². The van der Waals surface area contributed by atoms with Crippen molar-refractivity contribution in [3.63, 3.8) is 0 Å². The number of carbonyl (C=O) groups excluding carboxylic acids is 6. The number of aliphatic hydroxyl groups is 6. The van der Waals surface area contributed by atoms with E-state index < -0.39 is 54.1 Å². The van der Waals surface area contributed by atoms with Gasteiger partial charge in [-0.3, -0.25) is 14.4 Å². The van der Waals surface area contributed by atoms with Gasteiger partial charge in [0.1, 0.15) is 17.9 Å². The minimum Gasteiger partial charge on any atom is -0.542 e. The van der Waals surface area contributed by atoms with Crippen molar-refractivity contribution in [3.05, 3.63) is 0 Å². The van der Waals surface area contributed by atoms with Gasteiger partial charge >= 0.3 is 18.6 Å². The van der Waals surface area contributed by atoms with Crippen LogP contribution >= 0.6 is 0 Å². The Hall–Kier alpha value is -2.24. The Morgan fingerprint density at radius 1 is 0.480 bits per heavy atom. The van der Waals surface area contributed by atoms with Gasteiger partial charge in [0.05, 0.1) is 0 Å². The van der Waals surface area contributed by atoms with E-state index >= 15 is 0 Å². The molecule has 0 atom stereocenters. The zero-order valence-corrected chi connectivity index (χ0v) is 12.9. The number of hydrogen-bond acceptors (Lipinski definition) is 15. The third-order valence-electron chi connectivity index (χ3n) is 1.31. The Bertz CT molecular complexity index is 422. The fraction of sp³-hybridized carbons (Fsp3) is 0.333. The number of aliphatic carboxylic acids is 3. The van der Waals surface area contributed by atoms with E-state index in [1.807, 2.05) is 0 Å². The summed E-state index contributed by atoms with van der Waals surface area (Å²) in [6.07, 6.45) is -7.38. The van der Waals surface area contributed by atoms with Crippen molar-refractivity contribution in [1.82, 2.24) is 0 Å². The minimum absolute atomic E-state index is 0. The molecule has 140 valence electrons. The molecule has 0 aromatic heterocycles. The maximum Gasteiger partial charge on any atom is 3.00 e. The SMILES string of the molecule is O=C([O-])C(=O)C(O)O.O=C([O-])C(=O)C(O)O.O=C([O-])C(=O)C(O)O.[V+3]. The van der Waals surface area contributed by atoms with Crippen LogP contribution in [-0.2, 0) is 47.3 Å². The van der Waals surface area contributed by atoms with Gasteiger partial charge in [-0.25, -0.2) is 0 Å². The van der Waals surface area contributed by atoms with Gasteiger partial charge in [-0.15, -0.1) is 0 Å². The van der Waals surface area contributed by atoms with Gasteiger partial charge in [-0.2, -0.15) is 0 Å². The predicted molar refractivity (Wildman–Crippen MR) is 54.7 cm³/mol. The van der Waals surface area contributed by atoms with Crippen LogP contribution in [0.25, 0.3) is 0 Å². The second-order valence-electron chi connectivity index (χ2n) is 3.08. The molecule has 0 saturated heterocycles. The third kappa shape index (κ3) is 17.9. The molecule has 0 aliphatic heterocycles. The van der Waals surface area contributed by atoms with Gasteiger partial charge in [0.2, 0.25) is 36.2 Å². The number of carboxylic acids is 3. The standard InChI is InChI=1S/3C3H4O5.V/c3*4-1(2(5)6)3(7)8;/h3*2,5-6H,(H,7,8);/q;;;+3/p-3. The molecule has 0 unspecified atom stereocenters. The minimum atomic E-state index is -2.46. The number of Topliss-reactive ketones (excluding diaryl/α,β-unsaturated/α-hetero) is 3. The molecular formula is C9H9O15V. The van der Waals surface area contributed by atoms with Crippen molar-refractivity contribution in [2.75, 3.05) is 0 Å². The molecule has 0 aromatic rings. The second-order valence-corrected chi connectivity index (χ2v) is 3.08. The van der Waals surface area contributed by atoms with Gasteiger partial charge < -0.3 is 60.3 Å². The van der Waals surface area contributed by atoms with Crippen molar-refractivity contribution >= 4 is 35.3 Å². The van der Waals surface area contributed by atoms with Gasteiger partial charge in [0.25, 0.3) is 0 Å². The molecule has 0 aromatic carbocycles. The van der Waals surface area contributed by atoms with E-state index in [1.165, 1.54) is 0 Å². The first-order valence-corrected chi connectivity index (χ1v) is 5.00. The molecule has 6 N–H and O–H groups in total. The zero-order valence-electron chi connectivity index (χ0n) is 11.5. The van der Waals surface area contributed by atoms with E-state index in [1.54, 1.807) is 0 Å². The molecule has 0 bridgehead atoms. The van der Waals surface area contributed by atoms with Crippen molar-refractivity contribution in [1.29, 1.82) is 0 Å². The average Bonchev–Trinajstić information content (AvgIpc) is 2.45. The maximum absolute atomic E-state index is 9.68. The molecule has 0 spiro atoms. The van der Waals surface area contributed by atoms with Gasteiger partial charge in [0, 0.05) is 0 Å². The van der Waals surface area contributed by atoms with Crippen molar-refractivity contribution in [3.8, 4) is 0 Å². The van der Waals surface area contributed by atoms with Crippen LogP contribution in [0.3, 0.4) is 0 Å². The van der Waals surface area contributed by atoms with Crippen LogP contribution in [-0.4, -0.2) is 84.8 Å². The maximum atomic E-state index is 9.68. The summed E-state index contributed by atoms with van der Waals surface area (Å²) in [7, 11) is 0. The second kappa shape index (κ2) is 15.3. The first-order chi connectivity index (χ1) is 10.7. The quantitative estimate of drug-likeness (QED) is 0.175. The first-order valence-electron chi connectivity index (χ1n) is 5.00. The predicted octanol–water partition coefficient (Wildman–Crippen LogP) is -10.2. The van der Waals surface area contributed by atoms with E-state index in [0.717, 1.165) is 0 Å². The number of hydrogen-bond donors (Lipinski definition) is 6. The summed E-state index contributed by atoms with van der Waals surface area (Å²) < 4.78 is 0. The summed E-state index contributed by atoms with van der Waals surface area (Å²) in [5.74, 6) is -11.5. The van der Waals surface area contributed by atoms with Crippen LogP contribution in [0.15, 0.2) is 0 Å². The fourth-order valence-electron chi connectivity index (χ4n) is 0.316. The molecule has 25 heavy (non-hydrogen) atoms. The summed E-state index contributed by atoms with van der Waals surface area (Å²) in [5.41, 5.74) is 0. The molecule has 0 aliphatic rings. The van der Waals surface area contributed by atoms with Crippen LogP contribution in [0.1, 0.15) is 0 Å². The summed E-state index contributed by atoms with van der Waals surface area (Å²) in [4.78, 5) is 57.1. The molecule has 0 saturated carbocycles. The van der Waals surface area contributed by atoms with Crippen LogP contribution in [0.5, 0.6) is 0 Å². The number of rotatable bonds is 6. The smallest absolute Gasteiger partial charge is 0.542 e. The van der Waals surface area contributed by atoms with E-state index in [-0.39, 0.29) is 18.6 Å². The van der Waals surface area contributed by atoms with Crippen LogP contribution in [0.2, 0.25) is 0 Å². The van der Waals surface area contributed by atoms with Crippen molar-refractivity contribution in [2.45, 2.75) is 18.9 Å². The van der Waals surface area contributed by atoms with Gasteiger partial charge in [0.15, 0.2) is 0 Å². The summed E-state index contributed by atoms with van der Waals surface area (Å²) in [6, 6.07) is 0. The van der Waals surface area contributed by atoms with Crippen molar-refractivity contribution in [2.24, 2.45) is 0 Å². The van der Waals surface area contributed by atoms with Crippen molar-refractivity contribution < 1.29 is 93.3 Å². The molecule has 0 fully saturated rings. The number of carboxylic acid groups (broad SMARTS) is 3. The largest absolute Gasteiger partial charge is 3.00 e. The fourth-order valence-corrected chi connectivity index (χ4v) is 0.316. The Balaban J connectivity index is -0.000000130. The normalized spacial score (nSPS) is 9.00. The first kappa shape index (κ1) is 30.6. The van der Waals surface area contributed by atoms with E-state index in [0.29, 0.717) is 0 Å². The van der Waals surface area contributed by atoms with Crippen LogP contribution in [0.4, 0.5) is 0 Å². The number of carbonyl (C=O) groups is 6. The molecule has 0 radical (unpaired) electrons. The van der Waals surface area contributed by atoms with E-state index in [2.05, 4.69) is 0 Å². The average molecular weight is 408 g/mol. The number of ketones is 3. The topological polar surface area (TPSA) is 293 Å². The van der Waals surface area contributed by atoms with Gasteiger partial charge in [-0.1, -0.05) is 0 Å². The Morgan fingerprint density at radius 3 is 0.600 bits per heavy atom. The summed E-state index contributed by atoms with van der Waals surface area (Å²) in [5, 5.41) is 74.7. The molecular weight excluding hydrogens is 399 g/mol. The van der Waals surface area contributed by atoms with E-state index in [4.69, 9.17) is 30.6 Å². The Morgan fingerprint density at radius 2 is 0.600 bits per heavy atom. The summed E-state index contributed by atoms with van der Waals surface area (Å²) in [6.45, 7) is 0. The molecule has 0 amide bonds. The van der Waals surface area contributed by atoms with Crippen LogP contribution in [0, 0.1) is 0 Å². The summed E-state index contributed by atoms with van der Waals surface area (Å²) >= 11 is 0. The van der Waals surface area contributed by atoms with E-state index in [9.17, 15) is 44.1 Å². The molecule has 0 rings (SSSR count). The molecule has 0 heterocycles. The van der Waals surface area contributed by atoms with Gasteiger partial charge in [-0.05, 0) is 0 Å². The number of aliphatic hydroxyl groups excluding tert-OH is 3. The third-order valence-corrected chi connectivity index (χ3v) is 1.31. The zero-order chi connectivity index (χ0) is 20.2. The Kier molecular flexibility index (Phi) is 18.7. The molecule has 16 heteroatoms. The molecule has 0 aliphatic carbocycles.